The zero-order valence-electron chi connectivity index (χ0n) is 16.5. The predicted molar refractivity (Wildman–Crippen MR) is 101 cm³/mol. The number of aromatic amines is 2. The van der Waals surface area contributed by atoms with Gasteiger partial charge in [-0.1, -0.05) is 13.8 Å². The minimum atomic E-state index is -0.357. The van der Waals surface area contributed by atoms with Crippen molar-refractivity contribution in [1.29, 1.82) is 0 Å². The van der Waals surface area contributed by atoms with Gasteiger partial charge in [0.25, 0.3) is 0 Å². The van der Waals surface area contributed by atoms with Crippen molar-refractivity contribution in [3.8, 4) is 11.4 Å². The van der Waals surface area contributed by atoms with Crippen LogP contribution >= 0.6 is 0 Å². The van der Waals surface area contributed by atoms with E-state index in [2.05, 4.69) is 9.97 Å². The summed E-state index contributed by atoms with van der Waals surface area (Å²) in [7, 11) is 0. The second-order valence-electron chi connectivity index (χ2n) is 6.11. The molecule has 2 aromatic heterocycles. The summed E-state index contributed by atoms with van der Waals surface area (Å²) < 4.78 is 10.3. The van der Waals surface area contributed by atoms with Crippen LogP contribution in [0, 0.1) is 13.8 Å². The highest BCUT2D eigenvalue weighted by atomic mass is 16.5. The summed E-state index contributed by atoms with van der Waals surface area (Å²) in [6.07, 6.45) is 1.42. The van der Waals surface area contributed by atoms with Crippen molar-refractivity contribution in [2.45, 2.75) is 54.4 Å². The zero-order chi connectivity index (χ0) is 19.4. The molecule has 142 valence electrons. The van der Waals surface area contributed by atoms with Gasteiger partial charge in [0.05, 0.1) is 24.6 Å². The number of carbonyl (C=O) groups excluding carboxylic acids is 2. The lowest BCUT2D eigenvalue weighted by atomic mass is 10.0. The smallest absolute Gasteiger partial charge is 0.355 e. The van der Waals surface area contributed by atoms with Gasteiger partial charge >= 0.3 is 11.9 Å². The standard InChI is InChI=1S/C20H28N2O4/c1-7-13-11(5)15(21-17(13)19(23)25-9-3)16-12(6)14(8-2)18(22-16)20(24)26-10-4/h21-22H,7-10H2,1-6H3. The van der Waals surface area contributed by atoms with E-state index in [1.807, 2.05) is 27.7 Å². The Hall–Kier alpha value is -2.50. The fraction of sp³-hybridized carbons (Fsp3) is 0.500. The molecule has 0 unspecified atom stereocenters. The monoisotopic (exact) mass is 360 g/mol. The lowest BCUT2D eigenvalue weighted by molar-refractivity contribution is 0.0509. The maximum atomic E-state index is 12.3. The van der Waals surface area contributed by atoms with E-state index in [1.54, 1.807) is 13.8 Å². The van der Waals surface area contributed by atoms with E-state index >= 15 is 0 Å². The highest BCUT2D eigenvalue weighted by molar-refractivity contribution is 5.94. The number of ether oxygens (including phenoxy) is 2. The number of H-pyrrole nitrogens is 2. The quantitative estimate of drug-likeness (QED) is 0.728. The Labute approximate surface area is 154 Å². The summed E-state index contributed by atoms with van der Waals surface area (Å²) in [5, 5.41) is 0. The predicted octanol–water partition coefficient (Wildman–Crippen LogP) is 4.10. The Morgan fingerprint density at radius 2 is 1.08 bits per heavy atom. The number of nitrogens with one attached hydrogen (secondary N) is 2. The molecule has 2 heterocycles. The Morgan fingerprint density at radius 3 is 1.35 bits per heavy atom. The minimum Gasteiger partial charge on any atom is -0.461 e. The first-order chi connectivity index (χ1) is 12.4. The van der Waals surface area contributed by atoms with Gasteiger partial charge in [-0.2, -0.15) is 0 Å². The highest BCUT2D eigenvalue weighted by Crippen LogP contribution is 2.33. The molecule has 2 aromatic rings. The summed E-state index contributed by atoms with van der Waals surface area (Å²) in [6.45, 7) is 12.2. The Morgan fingerprint density at radius 1 is 0.731 bits per heavy atom. The zero-order valence-corrected chi connectivity index (χ0v) is 16.5. The summed E-state index contributed by atoms with van der Waals surface area (Å²) in [5.41, 5.74) is 6.42. The molecule has 6 heteroatoms. The molecular weight excluding hydrogens is 332 g/mol. The Kier molecular flexibility index (Phi) is 6.29. The SMILES string of the molecule is CCOC(=O)c1[nH]c(-c2[nH]c(C(=O)OCC)c(CC)c2C)c(C)c1CC. The molecule has 0 aromatic carbocycles. The van der Waals surface area contributed by atoms with Crippen molar-refractivity contribution in [1.82, 2.24) is 9.97 Å². The van der Waals surface area contributed by atoms with Crippen molar-refractivity contribution >= 4 is 11.9 Å². The molecule has 2 rings (SSSR count). The fourth-order valence-corrected chi connectivity index (χ4v) is 3.40. The molecule has 0 saturated carbocycles. The lowest BCUT2D eigenvalue weighted by Gasteiger charge is -2.02. The van der Waals surface area contributed by atoms with Gasteiger partial charge in [0.1, 0.15) is 11.4 Å². The molecule has 0 atom stereocenters. The maximum Gasteiger partial charge on any atom is 0.355 e. The average Bonchev–Trinajstić information content (AvgIpc) is 3.11. The molecule has 0 spiro atoms. The second-order valence-corrected chi connectivity index (χ2v) is 6.11. The lowest BCUT2D eigenvalue weighted by Crippen LogP contribution is -2.08. The van der Waals surface area contributed by atoms with Crippen LogP contribution in [0.15, 0.2) is 0 Å². The third kappa shape index (κ3) is 3.41. The largest absolute Gasteiger partial charge is 0.461 e. The van der Waals surface area contributed by atoms with Gasteiger partial charge in [-0.3, -0.25) is 0 Å². The van der Waals surface area contributed by atoms with E-state index < -0.39 is 0 Å². The van der Waals surface area contributed by atoms with Crippen molar-refractivity contribution < 1.29 is 19.1 Å². The topological polar surface area (TPSA) is 84.2 Å². The summed E-state index contributed by atoms with van der Waals surface area (Å²) >= 11 is 0. The van der Waals surface area contributed by atoms with E-state index in [-0.39, 0.29) is 11.9 Å². The van der Waals surface area contributed by atoms with Gasteiger partial charge in [0.15, 0.2) is 0 Å². The molecule has 26 heavy (non-hydrogen) atoms. The number of aromatic nitrogens is 2. The fourth-order valence-electron chi connectivity index (χ4n) is 3.40. The van der Waals surface area contributed by atoms with Crippen molar-refractivity contribution in [3.05, 3.63) is 33.6 Å². The third-order valence-electron chi connectivity index (χ3n) is 4.68. The number of carbonyl (C=O) groups is 2. The van der Waals surface area contributed by atoms with Crippen molar-refractivity contribution in [2.75, 3.05) is 13.2 Å². The average molecular weight is 360 g/mol. The van der Waals surface area contributed by atoms with Crippen LogP contribution in [0.2, 0.25) is 0 Å². The molecule has 0 aliphatic carbocycles. The van der Waals surface area contributed by atoms with E-state index in [0.717, 1.165) is 33.6 Å². The molecule has 0 aliphatic rings. The summed E-state index contributed by atoms with van der Waals surface area (Å²) in [6, 6.07) is 0. The molecule has 0 saturated heterocycles. The normalized spacial score (nSPS) is 10.8. The van der Waals surface area contributed by atoms with Gasteiger partial charge in [0.2, 0.25) is 0 Å². The molecule has 0 amide bonds. The van der Waals surface area contributed by atoms with Crippen LogP contribution < -0.4 is 0 Å². The Balaban J connectivity index is 2.62. The second kappa shape index (κ2) is 8.25. The van der Waals surface area contributed by atoms with Crippen LogP contribution in [0.3, 0.4) is 0 Å². The Bertz CT molecular complexity index is 746. The first kappa shape index (κ1) is 19.8. The summed E-state index contributed by atoms with van der Waals surface area (Å²) in [5.74, 6) is -0.714. The van der Waals surface area contributed by atoms with E-state index in [0.29, 0.717) is 37.4 Å². The molecular formula is C20H28N2O4. The number of rotatable bonds is 7. The number of hydrogen-bond donors (Lipinski definition) is 2. The van der Waals surface area contributed by atoms with E-state index in [1.165, 1.54) is 0 Å². The number of hydrogen-bond acceptors (Lipinski definition) is 4. The van der Waals surface area contributed by atoms with Crippen LogP contribution in [0.25, 0.3) is 11.4 Å². The summed E-state index contributed by atoms with van der Waals surface area (Å²) in [4.78, 5) is 31.0. The van der Waals surface area contributed by atoms with E-state index in [4.69, 9.17) is 9.47 Å². The van der Waals surface area contributed by atoms with Crippen LogP contribution in [0.5, 0.6) is 0 Å². The van der Waals surface area contributed by atoms with Gasteiger partial charge < -0.3 is 19.4 Å². The molecule has 0 fully saturated rings. The minimum absolute atomic E-state index is 0.323. The first-order valence-corrected chi connectivity index (χ1v) is 9.18. The maximum absolute atomic E-state index is 12.3. The highest BCUT2D eigenvalue weighted by Gasteiger charge is 2.25. The molecule has 0 radical (unpaired) electrons. The molecule has 2 N–H and O–H groups in total. The van der Waals surface area contributed by atoms with Crippen LogP contribution in [0.1, 0.15) is 70.9 Å². The van der Waals surface area contributed by atoms with Crippen LogP contribution in [0.4, 0.5) is 0 Å². The van der Waals surface area contributed by atoms with Gasteiger partial charge in [0, 0.05) is 0 Å². The van der Waals surface area contributed by atoms with Gasteiger partial charge in [-0.25, -0.2) is 9.59 Å². The van der Waals surface area contributed by atoms with Gasteiger partial charge in [-0.15, -0.1) is 0 Å². The van der Waals surface area contributed by atoms with Crippen molar-refractivity contribution in [2.24, 2.45) is 0 Å². The van der Waals surface area contributed by atoms with E-state index in [9.17, 15) is 9.59 Å². The number of esters is 2. The molecule has 6 nitrogen and oxygen atoms in total. The third-order valence-corrected chi connectivity index (χ3v) is 4.68. The van der Waals surface area contributed by atoms with Gasteiger partial charge in [-0.05, 0) is 62.8 Å². The molecule has 0 aliphatic heterocycles. The molecule has 0 bridgehead atoms. The first-order valence-electron chi connectivity index (χ1n) is 9.18. The van der Waals surface area contributed by atoms with Crippen molar-refractivity contribution in [3.63, 3.8) is 0 Å². The van der Waals surface area contributed by atoms with Crippen LogP contribution in [-0.4, -0.2) is 35.1 Å². The van der Waals surface area contributed by atoms with Crippen LogP contribution in [-0.2, 0) is 22.3 Å².